The van der Waals surface area contributed by atoms with E-state index in [2.05, 4.69) is 0 Å². The van der Waals surface area contributed by atoms with Gasteiger partial charge in [0.15, 0.2) is 11.5 Å². The summed E-state index contributed by atoms with van der Waals surface area (Å²) in [5, 5.41) is 8.85. The molecule has 1 atom stereocenters. The largest absolute Gasteiger partial charge is 0.493 e. The van der Waals surface area contributed by atoms with Gasteiger partial charge in [0.05, 0.1) is 20.6 Å². The van der Waals surface area contributed by atoms with Crippen molar-refractivity contribution >= 4 is 5.97 Å². The Hall–Kier alpha value is -2.53. The molecule has 0 aliphatic rings. The fraction of sp³-hybridized carbons (Fsp3) is 0.235. The minimum Gasteiger partial charge on any atom is -0.493 e. The van der Waals surface area contributed by atoms with Gasteiger partial charge < -0.3 is 20.3 Å². The normalized spacial score (nSPS) is 11.8. The number of hydrogen-bond donors (Lipinski definition) is 2. The van der Waals surface area contributed by atoms with E-state index in [1.807, 2.05) is 42.5 Å². The van der Waals surface area contributed by atoms with Crippen molar-refractivity contribution in [3.8, 4) is 22.6 Å². The average molecular weight is 301 g/mol. The lowest BCUT2D eigenvalue weighted by molar-refractivity contribution is -0.137. The van der Waals surface area contributed by atoms with Crippen LogP contribution in [0.25, 0.3) is 11.1 Å². The second-order valence-electron chi connectivity index (χ2n) is 4.90. The molecule has 0 fully saturated rings. The Bertz CT molecular complexity index is 669. The molecule has 0 heterocycles. The summed E-state index contributed by atoms with van der Waals surface area (Å²) in [4.78, 5) is 10.8. The molecule has 0 saturated heterocycles. The molecule has 0 bridgehead atoms. The van der Waals surface area contributed by atoms with E-state index in [1.165, 1.54) is 0 Å². The summed E-state index contributed by atoms with van der Waals surface area (Å²) in [6.45, 7) is 0. The summed E-state index contributed by atoms with van der Waals surface area (Å²) in [7, 11) is 3.17. The second kappa shape index (κ2) is 6.95. The number of nitrogens with two attached hydrogens (primary N) is 1. The van der Waals surface area contributed by atoms with Crippen molar-refractivity contribution in [2.75, 3.05) is 14.2 Å². The Balaban J connectivity index is 2.35. The highest BCUT2D eigenvalue weighted by Gasteiger charge is 2.12. The maximum Gasteiger partial charge on any atom is 0.305 e. The monoisotopic (exact) mass is 301 g/mol. The maximum absolute atomic E-state index is 10.8. The fourth-order valence-electron chi connectivity index (χ4n) is 2.27. The van der Waals surface area contributed by atoms with Gasteiger partial charge in [-0.05, 0) is 34.9 Å². The van der Waals surface area contributed by atoms with Crippen LogP contribution in [0.1, 0.15) is 18.0 Å². The van der Waals surface area contributed by atoms with Crippen LogP contribution in [0.3, 0.4) is 0 Å². The summed E-state index contributed by atoms with van der Waals surface area (Å²) < 4.78 is 10.5. The standard InChI is InChI=1S/C17H19NO4/c1-21-15-7-6-12(9-16(15)22-2)11-4-3-5-13(8-11)14(18)10-17(19)20/h3-9,14H,10,18H2,1-2H3,(H,19,20). The van der Waals surface area contributed by atoms with Gasteiger partial charge in [-0.15, -0.1) is 0 Å². The number of benzene rings is 2. The second-order valence-corrected chi connectivity index (χ2v) is 4.90. The third kappa shape index (κ3) is 3.56. The molecule has 0 amide bonds. The van der Waals surface area contributed by atoms with E-state index < -0.39 is 12.0 Å². The Morgan fingerprint density at radius 3 is 2.41 bits per heavy atom. The first kappa shape index (κ1) is 15.9. The molecule has 22 heavy (non-hydrogen) atoms. The van der Waals surface area contributed by atoms with Crippen LogP contribution in [-0.2, 0) is 4.79 Å². The molecule has 2 aromatic carbocycles. The van der Waals surface area contributed by atoms with Crippen LogP contribution >= 0.6 is 0 Å². The first-order valence-corrected chi connectivity index (χ1v) is 6.85. The molecule has 116 valence electrons. The lowest BCUT2D eigenvalue weighted by Crippen LogP contribution is -2.14. The number of carboxylic acids is 1. The van der Waals surface area contributed by atoms with Crippen molar-refractivity contribution in [3.63, 3.8) is 0 Å². The Morgan fingerprint density at radius 2 is 1.77 bits per heavy atom. The minimum atomic E-state index is -0.913. The summed E-state index contributed by atoms with van der Waals surface area (Å²) in [5.74, 6) is 0.384. The molecule has 0 aromatic heterocycles. The van der Waals surface area contributed by atoms with Gasteiger partial charge in [0, 0.05) is 6.04 Å². The summed E-state index contributed by atoms with van der Waals surface area (Å²) in [5.41, 5.74) is 8.60. The summed E-state index contributed by atoms with van der Waals surface area (Å²) in [6, 6.07) is 12.6. The van der Waals surface area contributed by atoms with Crippen LogP contribution < -0.4 is 15.2 Å². The summed E-state index contributed by atoms with van der Waals surface area (Å²) in [6.07, 6.45) is -0.102. The number of methoxy groups -OCH3 is 2. The molecule has 3 N–H and O–H groups in total. The molecule has 0 radical (unpaired) electrons. The number of aliphatic carboxylic acids is 1. The van der Waals surface area contributed by atoms with E-state index in [-0.39, 0.29) is 6.42 Å². The van der Waals surface area contributed by atoms with E-state index in [9.17, 15) is 4.79 Å². The first-order valence-electron chi connectivity index (χ1n) is 6.85. The predicted octanol–water partition coefficient (Wildman–Crippen LogP) is 2.85. The van der Waals surface area contributed by atoms with E-state index in [0.717, 1.165) is 16.7 Å². The smallest absolute Gasteiger partial charge is 0.305 e. The number of rotatable bonds is 6. The van der Waals surface area contributed by atoms with Crippen LogP contribution in [-0.4, -0.2) is 25.3 Å². The van der Waals surface area contributed by atoms with Gasteiger partial charge in [0.25, 0.3) is 0 Å². The van der Waals surface area contributed by atoms with Crippen molar-refractivity contribution in [2.24, 2.45) is 5.73 Å². The van der Waals surface area contributed by atoms with Crippen LogP contribution in [0, 0.1) is 0 Å². The number of ether oxygens (including phenoxy) is 2. The molecule has 2 rings (SSSR count). The van der Waals surface area contributed by atoms with Crippen molar-refractivity contribution in [3.05, 3.63) is 48.0 Å². The molecule has 1 unspecified atom stereocenters. The molecule has 0 spiro atoms. The molecular weight excluding hydrogens is 282 g/mol. The van der Waals surface area contributed by atoms with Gasteiger partial charge in [-0.2, -0.15) is 0 Å². The van der Waals surface area contributed by atoms with Crippen LogP contribution in [0.2, 0.25) is 0 Å². The number of carboxylic acid groups (broad SMARTS) is 1. The molecule has 5 heteroatoms. The lowest BCUT2D eigenvalue weighted by atomic mass is 9.98. The molecular formula is C17H19NO4. The molecule has 5 nitrogen and oxygen atoms in total. The SMILES string of the molecule is COc1ccc(-c2cccc(C(N)CC(=O)O)c2)cc1OC. The van der Waals surface area contributed by atoms with Crippen molar-refractivity contribution < 1.29 is 19.4 Å². The third-order valence-electron chi connectivity index (χ3n) is 3.43. The summed E-state index contributed by atoms with van der Waals surface area (Å²) >= 11 is 0. The zero-order valence-corrected chi connectivity index (χ0v) is 12.6. The van der Waals surface area contributed by atoms with E-state index in [4.69, 9.17) is 20.3 Å². The molecule has 2 aromatic rings. The van der Waals surface area contributed by atoms with Crippen molar-refractivity contribution in [2.45, 2.75) is 12.5 Å². The topological polar surface area (TPSA) is 81.8 Å². The predicted molar refractivity (Wildman–Crippen MR) is 84.2 cm³/mol. The van der Waals surface area contributed by atoms with Crippen LogP contribution in [0.15, 0.2) is 42.5 Å². The van der Waals surface area contributed by atoms with Gasteiger partial charge in [-0.3, -0.25) is 4.79 Å². The lowest BCUT2D eigenvalue weighted by Gasteiger charge is -2.13. The average Bonchev–Trinajstić information content (AvgIpc) is 2.53. The fourth-order valence-corrected chi connectivity index (χ4v) is 2.27. The zero-order chi connectivity index (χ0) is 16.1. The number of hydrogen-bond acceptors (Lipinski definition) is 4. The maximum atomic E-state index is 10.8. The van der Waals surface area contributed by atoms with Crippen molar-refractivity contribution in [1.29, 1.82) is 0 Å². The van der Waals surface area contributed by atoms with E-state index >= 15 is 0 Å². The van der Waals surface area contributed by atoms with Gasteiger partial charge in [0.1, 0.15) is 0 Å². The highest BCUT2D eigenvalue weighted by Crippen LogP contribution is 2.33. The quantitative estimate of drug-likeness (QED) is 0.857. The molecule has 0 aliphatic carbocycles. The van der Waals surface area contributed by atoms with Gasteiger partial charge >= 0.3 is 5.97 Å². The molecule has 0 aliphatic heterocycles. The van der Waals surface area contributed by atoms with Crippen LogP contribution in [0.5, 0.6) is 11.5 Å². The van der Waals surface area contributed by atoms with E-state index in [1.54, 1.807) is 14.2 Å². The van der Waals surface area contributed by atoms with Gasteiger partial charge in [-0.25, -0.2) is 0 Å². The third-order valence-corrected chi connectivity index (χ3v) is 3.43. The highest BCUT2D eigenvalue weighted by molar-refractivity contribution is 5.70. The van der Waals surface area contributed by atoms with Crippen LogP contribution in [0.4, 0.5) is 0 Å². The van der Waals surface area contributed by atoms with Gasteiger partial charge in [-0.1, -0.05) is 24.3 Å². The van der Waals surface area contributed by atoms with Gasteiger partial charge in [0.2, 0.25) is 0 Å². The zero-order valence-electron chi connectivity index (χ0n) is 12.6. The number of carbonyl (C=O) groups is 1. The van der Waals surface area contributed by atoms with E-state index in [0.29, 0.717) is 11.5 Å². The first-order chi connectivity index (χ1) is 10.5. The minimum absolute atomic E-state index is 0.102. The Labute approximate surface area is 129 Å². The Morgan fingerprint density at radius 1 is 1.09 bits per heavy atom. The Kier molecular flexibility index (Phi) is 5.01. The molecule has 0 saturated carbocycles. The van der Waals surface area contributed by atoms with Crippen molar-refractivity contribution in [1.82, 2.24) is 0 Å². The highest BCUT2D eigenvalue weighted by atomic mass is 16.5.